The van der Waals surface area contributed by atoms with Crippen LogP contribution < -0.4 is 4.90 Å². The first-order valence-electron chi connectivity index (χ1n) is 10.8. The van der Waals surface area contributed by atoms with E-state index in [0.717, 1.165) is 48.5 Å². The molecule has 0 saturated heterocycles. The van der Waals surface area contributed by atoms with Crippen LogP contribution in [0.2, 0.25) is 15.5 Å². The number of aromatic amines is 1. The van der Waals surface area contributed by atoms with Crippen LogP contribution >= 0.6 is 70.1 Å². The molecule has 0 spiro atoms. The maximum Gasteiger partial charge on any atom is 0.256 e. The van der Waals surface area contributed by atoms with Crippen LogP contribution in [0.5, 0.6) is 0 Å². The summed E-state index contributed by atoms with van der Waals surface area (Å²) >= 11 is 22.1. The van der Waals surface area contributed by atoms with Crippen molar-refractivity contribution in [2.24, 2.45) is 12.0 Å². The van der Waals surface area contributed by atoms with Gasteiger partial charge >= 0.3 is 0 Å². The molecule has 0 fully saturated rings. The molecule has 1 aliphatic rings. The maximum absolute atomic E-state index is 5.87. The third kappa shape index (κ3) is 6.28. The SMILES string of the molecule is CSc1nc(Cl)cc2[nH]cnc12.CSc1nc(Cl)cc2c1N(C)[C+]=N2.CSc1nc(Cl)cc2c1ncn2C. The van der Waals surface area contributed by atoms with Crippen molar-refractivity contribution < 1.29 is 0 Å². The minimum absolute atomic E-state index is 0.476. The molecule has 0 radical (unpaired) electrons. The van der Waals surface area contributed by atoms with Crippen molar-refractivity contribution in [2.45, 2.75) is 15.1 Å². The van der Waals surface area contributed by atoms with Crippen LogP contribution in [0.3, 0.4) is 0 Å². The summed E-state index contributed by atoms with van der Waals surface area (Å²) in [4.78, 5) is 29.8. The van der Waals surface area contributed by atoms with E-state index in [-0.39, 0.29) is 0 Å². The third-order valence-corrected chi connectivity index (χ3v) is 7.73. The number of halogens is 3. The molecule has 5 aromatic heterocycles. The lowest BCUT2D eigenvalue weighted by Crippen LogP contribution is -2.11. The van der Waals surface area contributed by atoms with Gasteiger partial charge in [-0.1, -0.05) is 46.6 Å². The number of fused-ring (bicyclic) bond motifs is 3. The van der Waals surface area contributed by atoms with Gasteiger partial charge in [-0.2, -0.15) is 4.90 Å². The van der Waals surface area contributed by atoms with Crippen molar-refractivity contribution in [1.29, 1.82) is 0 Å². The average molecular weight is 626 g/mol. The van der Waals surface area contributed by atoms with Crippen molar-refractivity contribution in [3.8, 4) is 0 Å². The first-order valence-corrected chi connectivity index (χ1v) is 15.6. The molecule has 5 aromatic rings. The Balaban J connectivity index is 0.000000133. The minimum atomic E-state index is 0.476. The molecule has 1 N–H and O–H groups in total. The van der Waals surface area contributed by atoms with Gasteiger partial charge in [-0.25, -0.2) is 24.9 Å². The molecule has 38 heavy (non-hydrogen) atoms. The van der Waals surface area contributed by atoms with E-state index in [2.05, 4.69) is 41.2 Å². The summed E-state index contributed by atoms with van der Waals surface area (Å²) in [5, 5.41) is 4.11. The van der Waals surface area contributed by atoms with Crippen molar-refractivity contribution >= 4 is 110 Å². The van der Waals surface area contributed by atoms with Crippen molar-refractivity contribution in [3.05, 3.63) is 46.3 Å². The minimum Gasteiger partial charge on any atom is -0.344 e. The van der Waals surface area contributed by atoms with Gasteiger partial charge in [0.1, 0.15) is 36.5 Å². The number of aromatic nitrogens is 7. The Kier molecular flexibility index (Phi) is 9.59. The third-order valence-electron chi connectivity index (χ3n) is 5.14. The molecule has 0 amide bonds. The molecule has 0 atom stereocenters. The Labute approximate surface area is 247 Å². The summed E-state index contributed by atoms with van der Waals surface area (Å²) in [7, 11) is 3.83. The quantitative estimate of drug-likeness (QED) is 0.128. The lowest BCUT2D eigenvalue weighted by Gasteiger charge is -2.01. The number of aliphatic imine (C=N–C) groups is 1. The van der Waals surface area contributed by atoms with E-state index in [1.807, 2.05) is 48.4 Å². The molecule has 0 saturated carbocycles. The standard InChI is InChI=1S/C8H8ClN3S.C8H7ClN3S.C7H6ClN3S/c1-12-4-10-7-5(12)3-6(9)11-8(7)13-2;1-12-4-10-5-3-6(9)11-8(13-2)7(5)12;1-12-7-6-4(9-3-10-6)2-5(8)11-7/h3-4H,1-2H3;3H,1-2H3;2-3H,1H3,(H,9,10)/q;+1;. The summed E-state index contributed by atoms with van der Waals surface area (Å²) in [5.41, 5.74) is 5.57. The Hall–Kier alpha value is -2.31. The second-order valence-electron chi connectivity index (χ2n) is 7.52. The molecule has 1 aliphatic heterocycles. The van der Waals surface area contributed by atoms with Crippen molar-refractivity contribution in [3.63, 3.8) is 0 Å². The van der Waals surface area contributed by atoms with Gasteiger partial charge in [0.25, 0.3) is 17.7 Å². The van der Waals surface area contributed by atoms with Gasteiger partial charge < -0.3 is 9.55 Å². The lowest BCUT2D eigenvalue weighted by atomic mass is 10.3. The number of thioether (sulfide) groups is 3. The molecule has 0 aliphatic carbocycles. The number of H-pyrrole nitrogens is 1. The molecule has 6 rings (SSSR count). The number of hydrogen-bond donors (Lipinski definition) is 1. The molecule has 0 bridgehead atoms. The van der Waals surface area contributed by atoms with Crippen LogP contribution in [-0.2, 0) is 7.05 Å². The largest absolute Gasteiger partial charge is 0.344 e. The van der Waals surface area contributed by atoms with Crippen molar-refractivity contribution in [1.82, 2.24) is 34.5 Å². The van der Waals surface area contributed by atoms with Gasteiger partial charge in [0.05, 0.1) is 36.8 Å². The molecule has 196 valence electrons. The second kappa shape index (κ2) is 12.7. The van der Waals surface area contributed by atoms with E-state index in [9.17, 15) is 0 Å². The van der Waals surface area contributed by atoms with E-state index in [1.165, 1.54) is 11.8 Å². The van der Waals surface area contributed by atoms with Crippen LogP contribution in [0.4, 0.5) is 11.4 Å². The monoisotopic (exact) mass is 624 g/mol. The zero-order chi connectivity index (χ0) is 27.4. The average Bonchev–Trinajstić information content (AvgIpc) is 3.62. The van der Waals surface area contributed by atoms with Gasteiger partial charge in [0.15, 0.2) is 5.03 Å². The summed E-state index contributed by atoms with van der Waals surface area (Å²) in [5.74, 6) is 0. The van der Waals surface area contributed by atoms with Crippen LogP contribution in [0.15, 0.2) is 50.9 Å². The highest BCUT2D eigenvalue weighted by molar-refractivity contribution is 7.99. The lowest BCUT2D eigenvalue weighted by molar-refractivity contribution is 0.947. The first-order chi connectivity index (χ1) is 18.2. The number of nitrogens with one attached hydrogen (secondary N) is 1. The van der Waals surface area contributed by atoms with E-state index in [4.69, 9.17) is 34.8 Å². The van der Waals surface area contributed by atoms with E-state index in [0.29, 0.717) is 15.5 Å². The molecular weight excluding hydrogens is 605 g/mol. The highest BCUT2D eigenvalue weighted by Crippen LogP contribution is 2.39. The smallest absolute Gasteiger partial charge is 0.256 e. The number of imidazole rings is 2. The molecule has 0 unspecified atom stereocenters. The van der Waals surface area contributed by atoms with Gasteiger partial charge in [0.2, 0.25) is 0 Å². The zero-order valence-corrected chi connectivity index (χ0v) is 25.5. The maximum atomic E-state index is 5.87. The number of anilines is 1. The summed E-state index contributed by atoms with van der Waals surface area (Å²) < 4.78 is 1.93. The van der Waals surface area contributed by atoms with Crippen molar-refractivity contribution in [2.75, 3.05) is 30.7 Å². The summed E-state index contributed by atoms with van der Waals surface area (Å²) in [6, 6.07) is 5.33. The normalized spacial score (nSPS) is 11.6. The van der Waals surface area contributed by atoms with Gasteiger partial charge in [-0.3, -0.25) is 0 Å². The Morgan fingerprint density at radius 2 is 1.39 bits per heavy atom. The van der Waals surface area contributed by atoms with Crippen LogP contribution in [-0.4, -0.2) is 66.6 Å². The van der Waals surface area contributed by atoms with Crippen LogP contribution in [0.25, 0.3) is 22.1 Å². The Bertz CT molecular complexity index is 1620. The van der Waals surface area contributed by atoms with Crippen LogP contribution in [0.1, 0.15) is 0 Å². The van der Waals surface area contributed by atoms with Crippen LogP contribution in [0, 0.1) is 0 Å². The zero-order valence-electron chi connectivity index (χ0n) is 20.8. The number of pyridine rings is 3. The number of nitrogens with zero attached hydrogens (tertiary/aromatic N) is 8. The number of hydrogen-bond acceptors (Lipinski definition) is 10. The topological polar surface area (TPSA) is 101 Å². The van der Waals surface area contributed by atoms with E-state index in [1.54, 1.807) is 48.3 Å². The van der Waals surface area contributed by atoms with E-state index >= 15 is 0 Å². The van der Waals surface area contributed by atoms with Gasteiger partial charge in [-0.15, -0.1) is 23.5 Å². The molecule has 9 nitrogen and oxygen atoms in total. The number of aryl methyl sites for hydroxylation is 1. The number of rotatable bonds is 3. The van der Waals surface area contributed by atoms with Gasteiger partial charge in [-0.05, 0) is 23.8 Å². The summed E-state index contributed by atoms with van der Waals surface area (Å²) in [6.45, 7) is 0. The predicted octanol–water partition coefficient (Wildman–Crippen LogP) is 7.12. The molecular formula is C23H21Cl3N9S3+. The Morgan fingerprint density at radius 3 is 2.08 bits per heavy atom. The Morgan fingerprint density at radius 1 is 0.789 bits per heavy atom. The highest BCUT2D eigenvalue weighted by atomic mass is 35.5. The fraction of sp³-hybridized carbons (Fsp3) is 0.217. The predicted molar refractivity (Wildman–Crippen MR) is 163 cm³/mol. The first kappa shape index (κ1) is 28.7. The molecule has 6 heterocycles. The van der Waals surface area contributed by atoms with E-state index < -0.39 is 0 Å². The molecule has 0 aromatic carbocycles. The second-order valence-corrected chi connectivity index (χ2v) is 11.1. The van der Waals surface area contributed by atoms with Gasteiger partial charge in [0, 0.05) is 19.2 Å². The highest BCUT2D eigenvalue weighted by Gasteiger charge is 2.30. The fourth-order valence-electron chi connectivity index (χ4n) is 3.44. The fourth-order valence-corrected chi connectivity index (χ4v) is 5.87. The summed E-state index contributed by atoms with van der Waals surface area (Å²) in [6.07, 6.45) is 12.1. The molecule has 15 heteroatoms.